The van der Waals surface area contributed by atoms with E-state index in [9.17, 15) is 19.8 Å². The predicted octanol–water partition coefficient (Wildman–Crippen LogP) is 17.4. The first kappa shape index (κ1) is 62.8. The van der Waals surface area contributed by atoms with Gasteiger partial charge in [0.1, 0.15) is 6.10 Å². The lowest BCUT2D eigenvalue weighted by Gasteiger charge is -2.24. The Bertz CT molecular complexity index is 1110. The monoisotopic (exact) mass is 912 g/mol. The van der Waals surface area contributed by atoms with Gasteiger partial charge in [-0.15, -0.1) is 0 Å². The lowest BCUT2D eigenvalue weighted by molar-refractivity contribution is -0.151. The number of aliphatic hydroxyl groups excluding tert-OH is 2. The SMILES string of the molecule is CCCCC/C=C\C/C=C\C/C=C\CCCCC(CC(=O)NC(CO)C(O)CCCCCCCCCCCCCCCCC)OC(=O)CCCCCCC/C=C/CCCCCCCCC. The molecule has 0 radical (unpaired) electrons. The molecule has 6 nitrogen and oxygen atoms in total. The molecule has 65 heavy (non-hydrogen) atoms. The van der Waals surface area contributed by atoms with Gasteiger partial charge in [-0.25, -0.2) is 0 Å². The van der Waals surface area contributed by atoms with Crippen molar-refractivity contribution >= 4 is 11.9 Å². The van der Waals surface area contributed by atoms with Crippen LogP contribution in [0.15, 0.2) is 48.6 Å². The molecule has 0 aliphatic rings. The van der Waals surface area contributed by atoms with Crippen LogP contribution in [-0.2, 0) is 14.3 Å². The molecule has 0 aromatic heterocycles. The van der Waals surface area contributed by atoms with E-state index in [1.807, 2.05) is 0 Å². The lowest BCUT2D eigenvalue weighted by atomic mass is 10.0. The molecular formula is C59H109NO5. The molecule has 3 atom stereocenters. The minimum absolute atomic E-state index is 0.0497. The topological polar surface area (TPSA) is 95.9 Å². The average molecular weight is 913 g/mol. The van der Waals surface area contributed by atoms with Crippen LogP contribution >= 0.6 is 0 Å². The van der Waals surface area contributed by atoms with Crippen LogP contribution < -0.4 is 5.32 Å². The molecule has 0 aromatic carbocycles. The third-order valence-corrected chi connectivity index (χ3v) is 12.9. The van der Waals surface area contributed by atoms with Crippen molar-refractivity contribution in [1.82, 2.24) is 5.32 Å². The van der Waals surface area contributed by atoms with Gasteiger partial charge in [0.25, 0.3) is 0 Å². The molecule has 0 heterocycles. The van der Waals surface area contributed by atoms with Crippen molar-refractivity contribution in [3.8, 4) is 0 Å². The first-order chi connectivity index (χ1) is 32.0. The summed E-state index contributed by atoms with van der Waals surface area (Å²) in [6, 6.07) is -0.716. The van der Waals surface area contributed by atoms with Crippen LogP contribution in [0.3, 0.4) is 0 Å². The van der Waals surface area contributed by atoms with Gasteiger partial charge in [0.2, 0.25) is 5.91 Å². The highest BCUT2D eigenvalue weighted by Crippen LogP contribution is 2.18. The summed E-state index contributed by atoms with van der Waals surface area (Å²) in [5.74, 6) is -0.512. The van der Waals surface area contributed by atoms with E-state index in [4.69, 9.17) is 4.74 Å². The summed E-state index contributed by atoms with van der Waals surface area (Å²) in [4.78, 5) is 26.2. The molecule has 3 N–H and O–H groups in total. The van der Waals surface area contributed by atoms with Crippen LogP contribution in [0, 0.1) is 0 Å². The van der Waals surface area contributed by atoms with Crippen LogP contribution in [0.4, 0.5) is 0 Å². The first-order valence-corrected chi connectivity index (χ1v) is 28.4. The van der Waals surface area contributed by atoms with E-state index in [1.54, 1.807) is 0 Å². The summed E-state index contributed by atoms with van der Waals surface area (Å²) >= 11 is 0. The number of ether oxygens (including phenoxy) is 1. The van der Waals surface area contributed by atoms with Gasteiger partial charge in [-0.2, -0.15) is 0 Å². The summed E-state index contributed by atoms with van der Waals surface area (Å²) in [6.07, 6.45) is 64.6. The number of aliphatic hydroxyl groups is 2. The van der Waals surface area contributed by atoms with Crippen molar-refractivity contribution in [3.63, 3.8) is 0 Å². The van der Waals surface area contributed by atoms with Gasteiger partial charge in [-0.3, -0.25) is 9.59 Å². The van der Waals surface area contributed by atoms with Crippen LogP contribution in [0.1, 0.15) is 290 Å². The maximum absolute atomic E-state index is 13.2. The Morgan fingerprint density at radius 2 is 0.785 bits per heavy atom. The van der Waals surface area contributed by atoms with Crippen molar-refractivity contribution in [2.45, 2.75) is 309 Å². The molecular weight excluding hydrogens is 803 g/mol. The second kappa shape index (κ2) is 52.8. The second-order valence-corrected chi connectivity index (χ2v) is 19.3. The van der Waals surface area contributed by atoms with Crippen molar-refractivity contribution < 1.29 is 24.5 Å². The maximum atomic E-state index is 13.2. The van der Waals surface area contributed by atoms with Crippen LogP contribution in [-0.4, -0.2) is 46.9 Å². The van der Waals surface area contributed by atoms with Gasteiger partial charge in [0, 0.05) is 6.42 Å². The van der Waals surface area contributed by atoms with Gasteiger partial charge in [0.15, 0.2) is 0 Å². The molecule has 0 bridgehead atoms. The number of amides is 1. The van der Waals surface area contributed by atoms with Gasteiger partial charge in [-0.05, 0) is 89.9 Å². The number of esters is 1. The minimum Gasteiger partial charge on any atom is -0.462 e. The summed E-state index contributed by atoms with van der Waals surface area (Å²) in [5.41, 5.74) is 0. The number of nitrogens with one attached hydrogen (secondary N) is 1. The molecule has 0 aromatic rings. The minimum atomic E-state index is -0.800. The zero-order valence-corrected chi connectivity index (χ0v) is 43.4. The number of carbonyl (C=O) groups excluding carboxylic acids is 2. The van der Waals surface area contributed by atoms with Crippen molar-refractivity contribution in [1.29, 1.82) is 0 Å². The summed E-state index contributed by atoms with van der Waals surface area (Å²) in [6.45, 7) is 6.46. The van der Waals surface area contributed by atoms with E-state index in [0.29, 0.717) is 19.3 Å². The molecule has 0 saturated carbocycles. The van der Waals surface area contributed by atoms with E-state index in [-0.39, 0.29) is 24.9 Å². The number of hydrogen-bond donors (Lipinski definition) is 3. The molecule has 3 unspecified atom stereocenters. The number of hydrogen-bond acceptors (Lipinski definition) is 5. The van der Waals surface area contributed by atoms with Crippen molar-refractivity contribution in [2.75, 3.05) is 6.61 Å². The quantitative estimate of drug-likeness (QED) is 0.0321. The average Bonchev–Trinajstić information content (AvgIpc) is 3.30. The molecule has 1 amide bonds. The fourth-order valence-corrected chi connectivity index (χ4v) is 8.55. The Morgan fingerprint density at radius 3 is 1.25 bits per heavy atom. The third-order valence-electron chi connectivity index (χ3n) is 12.9. The van der Waals surface area contributed by atoms with E-state index < -0.39 is 18.2 Å². The molecule has 0 aliphatic carbocycles. The standard InChI is InChI=1S/C59H109NO5/c1-4-7-10-13-16-19-22-25-28-31-34-37-40-43-46-49-52-59(64)65-55(50-47-44-41-38-35-32-29-26-23-20-17-14-11-8-5-2)53-58(63)60-56(54-61)57(62)51-48-45-42-39-36-33-30-27-24-21-18-15-12-9-6-3/h17,20,26,28-29,31,35,38,55-57,61-62H,4-16,18-19,21-25,27,30,32-34,36-37,39-54H2,1-3H3,(H,60,63)/b20-17-,29-26-,31-28+,38-35-. The highest BCUT2D eigenvalue weighted by molar-refractivity contribution is 5.77. The number of carbonyl (C=O) groups is 2. The largest absolute Gasteiger partial charge is 0.462 e. The number of rotatable bonds is 51. The number of unbranched alkanes of at least 4 members (excludes halogenated alkanes) is 31. The fourth-order valence-electron chi connectivity index (χ4n) is 8.55. The van der Waals surface area contributed by atoms with Crippen molar-refractivity contribution in [2.24, 2.45) is 0 Å². The van der Waals surface area contributed by atoms with Gasteiger partial charge in [0.05, 0.1) is 25.2 Å². The van der Waals surface area contributed by atoms with Crippen LogP contribution in [0.2, 0.25) is 0 Å². The van der Waals surface area contributed by atoms with Gasteiger partial charge in [-0.1, -0.05) is 236 Å². The Kier molecular flexibility index (Phi) is 51.0. The van der Waals surface area contributed by atoms with Crippen LogP contribution in [0.25, 0.3) is 0 Å². The highest BCUT2D eigenvalue weighted by atomic mass is 16.5. The Morgan fingerprint density at radius 1 is 0.446 bits per heavy atom. The Labute approximate surface area is 404 Å². The maximum Gasteiger partial charge on any atom is 0.306 e. The zero-order valence-electron chi connectivity index (χ0n) is 43.4. The van der Waals surface area contributed by atoms with Gasteiger partial charge >= 0.3 is 5.97 Å². The van der Waals surface area contributed by atoms with Crippen LogP contribution in [0.5, 0.6) is 0 Å². The second-order valence-electron chi connectivity index (χ2n) is 19.3. The molecule has 0 rings (SSSR count). The van der Waals surface area contributed by atoms with Crippen molar-refractivity contribution in [3.05, 3.63) is 48.6 Å². The highest BCUT2D eigenvalue weighted by Gasteiger charge is 2.24. The molecule has 0 saturated heterocycles. The fraction of sp³-hybridized carbons (Fsp3) is 0.831. The van der Waals surface area contributed by atoms with E-state index >= 15 is 0 Å². The molecule has 0 spiro atoms. The smallest absolute Gasteiger partial charge is 0.306 e. The predicted molar refractivity (Wildman–Crippen MR) is 282 cm³/mol. The lowest BCUT2D eigenvalue weighted by Crippen LogP contribution is -2.46. The molecule has 380 valence electrons. The normalized spacial score (nSPS) is 13.5. The summed E-state index contributed by atoms with van der Waals surface area (Å²) < 4.78 is 5.93. The van der Waals surface area contributed by atoms with E-state index in [2.05, 4.69) is 74.7 Å². The molecule has 0 fully saturated rings. The molecule has 6 heteroatoms. The van der Waals surface area contributed by atoms with Gasteiger partial charge < -0.3 is 20.3 Å². The van der Waals surface area contributed by atoms with E-state index in [0.717, 1.165) is 77.0 Å². The number of allylic oxidation sites excluding steroid dienone is 8. The van der Waals surface area contributed by atoms with E-state index in [1.165, 1.54) is 167 Å². The first-order valence-electron chi connectivity index (χ1n) is 28.4. The Balaban J connectivity index is 4.61. The Hall–Kier alpha value is -2.18. The third kappa shape index (κ3) is 48.1. The summed E-state index contributed by atoms with van der Waals surface area (Å²) in [7, 11) is 0. The summed E-state index contributed by atoms with van der Waals surface area (Å²) in [5, 5.41) is 23.9. The molecule has 0 aliphatic heterocycles. The zero-order chi connectivity index (χ0) is 47.4.